The van der Waals surface area contributed by atoms with E-state index in [0.29, 0.717) is 0 Å². The van der Waals surface area contributed by atoms with Gasteiger partial charge in [0.1, 0.15) is 5.82 Å². The molecule has 0 aliphatic heterocycles. The summed E-state index contributed by atoms with van der Waals surface area (Å²) in [5.74, 6) is -2.13. The Labute approximate surface area is 81.9 Å². The fraction of sp³-hybridized carbons (Fsp3) is 0.125. The van der Waals surface area contributed by atoms with Gasteiger partial charge in [-0.3, -0.25) is 4.79 Å². The van der Waals surface area contributed by atoms with Crippen LogP contribution in [0.3, 0.4) is 0 Å². The van der Waals surface area contributed by atoms with Crippen molar-refractivity contribution in [3.63, 3.8) is 0 Å². The zero-order valence-corrected chi connectivity index (χ0v) is 8.07. The molecule has 2 nitrogen and oxygen atoms in total. The summed E-state index contributed by atoms with van der Waals surface area (Å²) in [6.45, 7) is 0. The molecule has 0 aromatic heterocycles. The van der Waals surface area contributed by atoms with Gasteiger partial charge in [0.2, 0.25) is 0 Å². The van der Waals surface area contributed by atoms with E-state index in [9.17, 15) is 13.6 Å². The lowest BCUT2D eigenvalue weighted by atomic mass is 10.1. The Hall–Kier alpha value is -0.970. The summed E-state index contributed by atoms with van der Waals surface area (Å²) in [7, 11) is 0. The maximum Gasteiger partial charge on any atom is 0.176 e. The summed E-state index contributed by atoms with van der Waals surface area (Å²) < 4.78 is 25.8. The zero-order chi connectivity index (χ0) is 10.0. The molecule has 0 saturated carbocycles. The van der Waals surface area contributed by atoms with E-state index < -0.39 is 17.4 Å². The molecule has 1 rings (SSSR count). The van der Waals surface area contributed by atoms with Gasteiger partial charge < -0.3 is 5.73 Å². The SMILES string of the molecule is Nc1cc(F)cc(C(=O)CBr)c1F. The van der Waals surface area contributed by atoms with E-state index in [0.717, 1.165) is 12.1 Å². The average molecular weight is 250 g/mol. The number of anilines is 1. The second kappa shape index (κ2) is 3.83. The van der Waals surface area contributed by atoms with Crippen molar-refractivity contribution in [1.82, 2.24) is 0 Å². The minimum Gasteiger partial charge on any atom is -0.396 e. The molecule has 0 aliphatic rings. The highest BCUT2D eigenvalue weighted by molar-refractivity contribution is 9.09. The first-order chi connectivity index (χ1) is 6.06. The van der Waals surface area contributed by atoms with Crippen molar-refractivity contribution in [1.29, 1.82) is 0 Å². The van der Waals surface area contributed by atoms with Crippen LogP contribution in [-0.4, -0.2) is 11.1 Å². The number of nitrogens with two attached hydrogens (primary N) is 1. The number of carbonyl (C=O) groups is 1. The van der Waals surface area contributed by atoms with Crippen LogP contribution in [0, 0.1) is 11.6 Å². The van der Waals surface area contributed by atoms with Crippen molar-refractivity contribution in [2.75, 3.05) is 11.1 Å². The Bertz CT molecular complexity index is 354. The van der Waals surface area contributed by atoms with E-state index in [-0.39, 0.29) is 16.6 Å². The third-order valence-corrected chi connectivity index (χ3v) is 2.00. The topological polar surface area (TPSA) is 43.1 Å². The summed E-state index contributed by atoms with van der Waals surface area (Å²) in [5.41, 5.74) is 4.45. The number of ketones is 1. The molecule has 0 radical (unpaired) electrons. The normalized spacial score (nSPS) is 10.1. The second-order valence-corrected chi connectivity index (χ2v) is 2.97. The van der Waals surface area contributed by atoms with E-state index in [1.165, 1.54) is 0 Å². The number of benzene rings is 1. The molecule has 0 heterocycles. The number of rotatable bonds is 2. The van der Waals surface area contributed by atoms with Crippen molar-refractivity contribution in [3.8, 4) is 0 Å². The Morgan fingerprint density at radius 1 is 1.46 bits per heavy atom. The third kappa shape index (κ3) is 2.03. The van der Waals surface area contributed by atoms with E-state index in [2.05, 4.69) is 15.9 Å². The molecule has 0 fully saturated rings. The highest BCUT2D eigenvalue weighted by Gasteiger charge is 2.14. The van der Waals surface area contributed by atoms with Gasteiger partial charge in [-0.05, 0) is 12.1 Å². The average Bonchev–Trinajstić information content (AvgIpc) is 2.10. The van der Waals surface area contributed by atoms with Crippen LogP contribution in [0.1, 0.15) is 10.4 Å². The molecule has 1 aromatic rings. The quantitative estimate of drug-likeness (QED) is 0.496. The predicted molar refractivity (Wildman–Crippen MR) is 48.9 cm³/mol. The lowest BCUT2D eigenvalue weighted by Gasteiger charge is -2.02. The lowest BCUT2D eigenvalue weighted by molar-refractivity contribution is 0.101. The number of halogens is 3. The third-order valence-electron chi connectivity index (χ3n) is 1.49. The molecule has 0 spiro atoms. The summed E-state index contributed by atoms with van der Waals surface area (Å²) in [6, 6.07) is 1.66. The molecule has 0 atom stereocenters. The van der Waals surface area contributed by atoms with Crippen LogP contribution in [-0.2, 0) is 0 Å². The Kier molecular flexibility index (Phi) is 2.98. The minimum absolute atomic E-state index is 0.0627. The number of hydrogen-bond acceptors (Lipinski definition) is 2. The van der Waals surface area contributed by atoms with Crippen molar-refractivity contribution in [2.45, 2.75) is 0 Å². The number of nitrogen functional groups attached to an aromatic ring is 1. The van der Waals surface area contributed by atoms with Crippen molar-refractivity contribution < 1.29 is 13.6 Å². The fourth-order valence-corrected chi connectivity index (χ4v) is 1.19. The van der Waals surface area contributed by atoms with E-state index >= 15 is 0 Å². The smallest absolute Gasteiger partial charge is 0.176 e. The second-order valence-electron chi connectivity index (χ2n) is 2.41. The van der Waals surface area contributed by atoms with Crippen LogP contribution in [0.5, 0.6) is 0 Å². The van der Waals surface area contributed by atoms with E-state index in [1.807, 2.05) is 0 Å². The number of alkyl halides is 1. The van der Waals surface area contributed by atoms with E-state index in [1.54, 1.807) is 0 Å². The van der Waals surface area contributed by atoms with Gasteiger partial charge in [0.15, 0.2) is 11.6 Å². The van der Waals surface area contributed by atoms with Crippen molar-refractivity contribution >= 4 is 27.4 Å². The zero-order valence-electron chi connectivity index (χ0n) is 6.48. The van der Waals surface area contributed by atoms with Gasteiger partial charge in [-0.1, -0.05) is 15.9 Å². The molecule has 70 valence electrons. The monoisotopic (exact) mass is 249 g/mol. The molecule has 1 aromatic carbocycles. The van der Waals surface area contributed by atoms with Crippen LogP contribution < -0.4 is 5.73 Å². The molecule has 0 unspecified atom stereocenters. The first-order valence-corrected chi connectivity index (χ1v) is 4.52. The number of hydrogen-bond donors (Lipinski definition) is 1. The first-order valence-electron chi connectivity index (χ1n) is 3.40. The molecule has 0 bridgehead atoms. The predicted octanol–water partition coefficient (Wildman–Crippen LogP) is 2.12. The van der Waals surface area contributed by atoms with Gasteiger partial charge in [-0.25, -0.2) is 8.78 Å². The standard InChI is InChI=1S/C8H6BrF2NO/c9-3-7(13)5-1-4(10)2-6(12)8(5)11/h1-2H,3,12H2. The van der Waals surface area contributed by atoms with Gasteiger partial charge in [-0.2, -0.15) is 0 Å². The maximum absolute atomic E-state index is 13.1. The molecule has 2 N–H and O–H groups in total. The molecular formula is C8H6BrF2NO. The molecule has 5 heteroatoms. The summed E-state index contributed by atoms with van der Waals surface area (Å²) >= 11 is 2.86. The highest BCUT2D eigenvalue weighted by Crippen LogP contribution is 2.18. The van der Waals surface area contributed by atoms with Gasteiger partial charge >= 0.3 is 0 Å². The minimum atomic E-state index is -0.870. The molecule has 0 amide bonds. The molecule has 13 heavy (non-hydrogen) atoms. The number of carbonyl (C=O) groups excluding carboxylic acids is 1. The maximum atomic E-state index is 13.1. The van der Waals surface area contributed by atoms with E-state index in [4.69, 9.17) is 5.73 Å². The Morgan fingerprint density at radius 2 is 2.08 bits per heavy atom. The Balaban J connectivity index is 3.28. The van der Waals surface area contributed by atoms with Crippen molar-refractivity contribution in [3.05, 3.63) is 29.3 Å². The van der Waals surface area contributed by atoms with Crippen LogP contribution in [0.2, 0.25) is 0 Å². The fourth-order valence-electron chi connectivity index (χ4n) is 0.885. The van der Waals surface area contributed by atoms with Gasteiger partial charge in [0, 0.05) is 0 Å². The van der Waals surface area contributed by atoms with Gasteiger partial charge in [0.05, 0.1) is 16.6 Å². The highest BCUT2D eigenvalue weighted by atomic mass is 79.9. The van der Waals surface area contributed by atoms with Crippen LogP contribution in [0.4, 0.5) is 14.5 Å². The molecular weight excluding hydrogens is 244 g/mol. The van der Waals surface area contributed by atoms with Crippen LogP contribution in [0.25, 0.3) is 0 Å². The molecule has 0 saturated heterocycles. The van der Waals surface area contributed by atoms with Gasteiger partial charge in [-0.15, -0.1) is 0 Å². The largest absolute Gasteiger partial charge is 0.396 e. The molecule has 0 aliphatic carbocycles. The summed E-state index contributed by atoms with van der Waals surface area (Å²) in [6.07, 6.45) is 0. The lowest BCUT2D eigenvalue weighted by Crippen LogP contribution is -2.06. The first kappa shape index (κ1) is 10.1. The summed E-state index contributed by atoms with van der Waals surface area (Å²) in [5, 5.41) is -0.0627. The van der Waals surface area contributed by atoms with Crippen molar-refractivity contribution in [2.24, 2.45) is 0 Å². The van der Waals surface area contributed by atoms with Gasteiger partial charge in [0.25, 0.3) is 0 Å². The van der Waals surface area contributed by atoms with Crippen LogP contribution in [0.15, 0.2) is 12.1 Å². The number of Topliss-reactive ketones (excluding diaryl/α,β-unsaturated/α-hetero) is 1. The summed E-state index contributed by atoms with van der Waals surface area (Å²) in [4.78, 5) is 11.0. The van der Waals surface area contributed by atoms with Crippen LogP contribution >= 0.6 is 15.9 Å². The Morgan fingerprint density at radius 3 is 2.62 bits per heavy atom.